The van der Waals surface area contributed by atoms with Gasteiger partial charge in [-0.25, -0.2) is 48.1 Å². The van der Waals surface area contributed by atoms with E-state index < -0.39 is 23.4 Å². The molecule has 0 aliphatic carbocycles. The Morgan fingerprint density at radius 1 is 0.411 bits per heavy atom. The van der Waals surface area contributed by atoms with Crippen LogP contribution in [-0.2, 0) is 0 Å². The van der Waals surface area contributed by atoms with Crippen LogP contribution in [0.4, 0.5) is 64.4 Å². The number of halogens is 5. The lowest BCUT2D eigenvalue weighted by Gasteiger charge is -2.20. The summed E-state index contributed by atoms with van der Waals surface area (Å²) in [5.41, 5.74) is 10.5. The van der Waals surface area contributed by atoms with Crippen LogP contribution in [0.2, 0.25) is 10.0 Å². The summed E-state index contributed by atoms with van der Waals surface area (Å²) < 4.78 is 58.2. The lowest BCUT2D eigenvalue weighted by atomic mass is 10.1. The summed E-state index contributed by atoms with van der Waals surface area (Å²) in [5.74, 6) is 4.51. The number of amides is 5. The molecule has 0 unspecified atom stereocenters. The number of carbonyl (C=O) groups is 5. The van der Waals surface area contributed by atoms with Crippen molar-refractivity contribution in [3.8, 4) is 65.3 Å². The number of thiazole rings is 1. The van der Waals surface area contributed by atoms with E-state index >= 15 is 0 Å². The summed E-state index contributed by atoms with van der Waals surface area (Å²) in [6.07, 6.45) is 31.6. The molecule has 5 N–H and O–H groups in total. The molecule has 26 nitrogen and oxygen atoms in total. The average Bonchev–Trinajstić information content (AvgIpc) is 1.09. The fourth-order valence-electron chi connectivity index (χ4n) is 10.8. The maximum Gasteiger partial charge on any atom is 0.275 e. The van der Waals surface area contributed by atoms with Gasteiger partial charge in [0.2, 0.25) is 0 Å². The number of ether oxygens (including phenoxy) is 3. The normalized spacial score (nSPS) is 10.0. The molecule has 0 fully saturated rings. The van der Waals surface area contributed by atoms with Gasteiger partial charge in [-0.3, -0.25) is 38.9 Å². The third-order valence-electron chi connectivity index (χ3n) is 16.5. The minimum absolute atomic E-state index is 0. The van der Waals surface area contributed by atoms with Crippen LogP contribution in [0.1, 0.15) is 81.7 Å². The monoisotopic (exact) mass is 1710 g/mol. The van der Waals surface area contributed by atoms with Crippen molar-refractivity contribution in [2.75, 3.05) is 50.5 Å². The highest BCUT2D eigenvalue weighted by molar-refractivity contribution is 7.07. The summed E-state index contributed by atoms with van der Waals surface area (Å²) in [4.78, 5) is 104. The predicted molar refractivity (Wildman–Crippen MR) is 471 cm³/mol. The Balaban J connectivity index is 0.000000162. The molecular weight excluding hydrogens is 1650 g/mol. The fourth-order valence-corrected chi connectivity index (χ4v) is 11.7. The van der Waals surface area contributed by atoms with Gasteiger partial charge in [0.25, 0.3) is 29.5 Å². The van der Waals surface area contributed by atoms with E-state index in [9.17, 15) is 37.1 Å². The van der Waals surface area contributed by atoms with Gasteiger partial charge in [0.1, 0.15) is 70.8 Å². The number of terminal acetylenes is 2. The Morgan fingerprint density at radius 2 is 0.944 bits per heavy atom. The molecule has 0 bridgehead atoms. The summed E-state index contributed by atoms with van der Waals surface area (Å²) in [6.45, 7) is 1.92. The van der Waals surface area contributed by atoms with E-state index in [2.05, 4.69) is 88.3 Å². The van der Waals surface area contributed by atoms with Gasteiger partial charge in [0, 0.05) is 135 Å². The number of nitrogens with zero attached hydrogens (tertiary/aromatic N) is 13. The molecule has 0 radical (unpaired) electrons. The fraction of sp³-hybridized carbons (Fsp3) is 0.0435. The molecule has 616 valence electrons. The van der Waals surface area contributed by atoms with Crippen LogP contribution in [0.15, 0.2) is 298 Å². The minimum atomic E-state index is -0.608. The minimum Gasteiger partial charge on any atom is -0.456 e. The highest BCUT2D eigenvalue weighted by Gasteiger charge is 2.18. The van der Waals surface area contributed by atoms with Crippen molar-refractivity contribution in [2.45, 2.75) is 14.4 Å². The summed E-state index contributed by atoms with van der Waals surface area (Å²) in [7, 11) is 3.51. The van der Waals surface area contributed by atoms with Crippen molar-refractivity contribution in [2.24, 2.45) is 0 Å². The zero-order chi connectivity index (χ0) is 87.0. The highest BCUT2D eigenvalue weighted by Crippen LogP contribution is 2.33. The molecule has 124 heavy (non-hydrogen) atoms. The summed E-state index contributed by atoms with van der Waals surface area (Å²) in [6, 6.07) is 55.6. The molecule has 0 aliphatic heterocycles. The first kappa shape index (κ1) is 89.7. The third-order valence-corrected chi connectivity index (χ3v) is 17.5. The third kappa shape index (κ3) is 27.2. The topological polar surface area (TPSA) is 332 Å². The Kier molecular flexibility index (Phi) is 32.4. The number of aromatic nitrogens is 10. The molecule has 0 saturated heterocycles. The van der Waals surface area contributed by atoms with Crippen LogP contribution in [-0.4, -0.2) is 93.5 Å². The van der Waals surface area contributed by atoms with Crippen molar-refractivity contribution in [3.05, 3.63) is 376 Å². The van der Waals surface area contributed by atoms with Crippen LogP contribution in [0, 0.1) is 60.4 Å². The van der Waals surface area contributed by atoms with E-state index in [1.165, 1.54) is 110 Å². The van der Waals surface area contributed by atoms with E-state index in [-0.39, 0.29) is 42.3 Å². The van der Waals surface area contributed by atoms with Gasteiger partial charge in [0.05, 0.1) is 88.8 Å². The van der Waals surface area contributed by atoms with Gasteiger partial charge in [0.15, 0.2) is 11.5 Å². The number of benzene rings is 8. The number of aryl methyl sites for hydroxylation is 1. The molecule has 8 aromatic carbocycles. The van der Waals surface area contributed by atoms with Crippen LogP contribution in [0.25, 0.3) is 0 Å². The van der Waals surface area contributed by atoms with E-state index in [4.69, 9.17) is 55.5 Å². The van der Waals surface area contributed by atoms with Gasteiger partial charge >= 0.3 is 0 Å². The Morgan fingerprint density at radius 3 is 1.54 bits per heavy atom. The number of pyridine rings is 3. The van der Waals surface area contributed by atoms with Gasteiger partial charge < -0.3 is 50.6 Å². The first-order chi connectivity index (χ1) is 59.6. The van der Waals surface area contributed by atoms with E-state index in [0.717, 1.165) is 23.4 Å². The van der Waals surface area contributed by atoms with Gasteiger partial charge in [-0.2, -0.15) is 5.26 Å². The Bertz CT molecular complexity index is 6370. The molecule has 0 atom stereocenters. The lowest BCUT2D eigenvalue weighted by Crippen LogP contribution is -2.15. The van der Waals surface area contributed by atoms with Gasteiger partial charge in [-0.05, 0) is 146 Å². The van der Waals surface area contributed by atoms with Crippen LogP contribution in [0.5, 0.6) is 34.5 Å². The standard InChI is InChI=1S/C20H13ClN2O2.C20H18FN3O.C19H12ClN3O2.C17H10FN5O2.C15H12FN5OS.CH4/c1-2-14-5-3-6-15(9-14)20(24)23-17-7-4-8-18(11-17)25-19-10-16(21)12-22-13-19;1-14-5-3-6-15(9-14)20(25)23-17-10-16(21)11-19(12-17)24(2)18-7-4-8-22-13-18;1-2-13-4-3-5-14(6-13)19(24)23-16-7-15(20)8-17(9-16)25-18-10-21-12-22-11-18;18-12-1-2-22-16(5-12)17(24)23-13-3-11(7-19)4-14(6-13)25-15-8-20-10-21-9-15;1-21(11-5-17-8-18-6-11)14-4-10(2-3-12(14)16)20-15(22)13-7-23-9-19-13;/h1,3-13H,(H,23,24);3-13H,1-2H3,(H,23,25);1,3-12H,(H,23,24);1-6,8-10H,(H,23,24);2-9H,1H3,(H,20,22);1H4. The smallest absolute Gasteiger partial charge is 0.275 e. The van der Waals surface area contributed by atoms with Crippen molar-refractivity contribution in [3.63, 3.8) is 0 Å². The first-order valence-electron chi connectivity index (χ1n) is 36.2. The quantitative estimate of drug-likeness (QED) is 0.0443. The van der Waals surface area contributed by atoms with Crippen molar-refractivity contribution in [1.29, 1.82) is 5.26 Å². The van der Waals surface area contributed by atoms with Crippen molar-refractivity contribution >= 4 is 115 Å². The molecule has 7 aromatic heterocycles. The second-order valence-electron chi connectivity index (χ2n) is 25.5. The zero-order valence-corrected chi connectivity index (χ0v) is 67.2. The number of rotatable bonds is 20. The second kappa shape index (κ2) is 44.8. The van der Waals surface area contributed by atoms with E-state index in [1.807, 2.05) is 44.3 Å². The molecular formula is C92H69Cl2F3N18O8S. The number of nitrogens with one attached hydrogen (secondary N) is 5. The van der Waals surface area contributed by atoms with Crippen molar-refractivity contribution < 1.29 is 51.4 Å². The van der Waals surface area contributed by atoms with Gasteiger partial charge in [-0.15, -0.1) is 24.2 Å². The van der Waals surface area contributed by atoms with Crippen LogP contribution >= 0.6 is 34.5 Å². The van der Waals surface area contributed by atoms with Crippen LogP contribution in [0.3, 0.4) is 0 Å². The van der Waals surface area contributed by atoms with Crippen LogP contribution < -0.4 is 50.6 Å². The highest BCUT2D eigenvalue weighted by atomic mass is 35.5. The predicted octanol–water partition coefficient (Wildman–Crippen LogP) is 20.1. The first-order valence-corrected chi connectivity index (χ1v) is 37.9. The molecule has 32 heteroatoms. The molecule has 0 aliphatic rings. The Labute approximate surface area is 723 Å². The molecule has 15 rings (SSSR count). The lowest BCUT2D eigenvalue weighted by molar-refractivity contribution is 0.101. The van der Waals surface area contributed by atoms with Gasteiger partial charge in [-0.1, -0.05) is 78.4 Å². The summed E-state index contributed by atoms with van der Waals surface area (Å²) >= 11 is 13.3. The molecule has 0 spiro atoms. The number of carbonyl (C=O) groups excluding carboxylic acids is 5. The van der Waals surface area contributed by atoms with E-state index in [1.54, 1.807) is 180 Å². The number of anilines is 9. The number of hydrogen-bond acceptors (Lipinski definition) is 22. The zero-order valence-electron chi connectivity index (χ0n) is 64.8. The Hall–Kier alpha value is -16.6. The number of nitriles is 1. The molecule has 5 amide bonds. The molecule has 0 saturated carbocycles. The molecule has 15 aromatic rings. The second-order valence-corrected chi connectivity index (χ2v) is 27.1. The SMILES string of the molecule is C.C#Cc1cccc(C(=O)Nc2cc(Cl)cc(Oc3cncnc3)c2)c1.C#Cc1cccc(C(=O)Nc2cccc(Oc3cncc(Cl)c3)c2)c1.CN(c1cncnc1)c1cc(NC(=O)c2cscn2)ccc1F.Cc1cccc(C(=O)Nc2cc(F)cc(N(C)c3cccnc3)c2)c1.N#Cc1cc(NC(=O)c2cc(F)ccn2)cc(Oc2cncnc2)c1. The number of hydrogen-bond donors (Lipinski definition) is 5. The largest absolute Gasteiger partial charge is 0.456 e. The maximum atomic E-state index is 14.1. The molecule has 7 heterocycles. The van der Waals surface area contributed by atoms with Crippen molar-refractivity contribution in [1.82, 2.24) is 49.8 Å². The maximum absolute atomic E-state index is 14.1. The summed E-state index contributed by atoms with van der Waals surface area (Å²) in [5, 5.41) is 25.3. The van der Waals surface area contributed by atoms with E-state index in [0.29, 0.717) is 124 Å². The average molecular weight is 1710 g/mol.